The average Bonchev–Trinajstić information content (AvgIpc) is 2.59. The van der Waals surface area contributed by atoms with E-state index in [-0.39, 0.29) is 0 Å². The Hall–Kier alpha value is -1.55. The first-order chi connectivity index (χ1) is 12.6. The number of halogens is 6. The summed E-state index contributed by atoms with van der Waals surface area (Å²) in [4.78, 5) is 0. The SMILES string of the molecule is C[Si](C)(CC[Si](C)(C)c1cccc(C(F)(F)F)c1)c1cccc(C(F)(F)F)c1. The third-order valence-electron chi connectivity index (χ3n) is 5.32. The molecule has 0 heterocycles. The molecule has 0 unspecified atom stereocenters. The van der Waals surface area contributed by atoms with Gasteiger partial charge in [0.05, 0.1) is 27.3 Å². The van der Waals surface area contributed by atoms with Gasteiger partial charge < -0.3 is 0 Å². The number of benzene rings is 2. The van der Waals surface area contributed by atoms with Crippen LogP contribution in [0.2, 0.25) is 38.3 Å². The van der Waals surface area contributed by atoms with Crippen molar-refractivity contribution in [2.75, 3.05) is 0 Å². The zero-order chi connectivity index (χ0) is 21.4. The summed E-state index contributed by atoms with van der Waals surface area (Å²) in [5, 5.41) is 1.44. The van der Waals surface area contributed by atoms with E-state index in [0.29, 0.717) is 0 Å². The fourth-order valence-corrected chi connectivity index (χ4v) is 10.9. The summed E-state index contributed by atoms with van der Waals surface area (Å²) >= 11 is 0. The fourth-order valence-electron chi connectivity index (χ4n) is 3.15. The van der Waals surface area contributed by atoms with Gasteiger partial charge in [0.2, 0.25) is 0 Å². The minimum Gasteiger partial charge on any atom is -0.166 e. The minimum atomic E-state index is -4.38. The van der Waals surface area contributed by atoms with Crippen molar-refractivity contribution < 1.29 is 26.3 Å². The van der Waals surface area contributed by atoms with Crippen LogP contribution in [0.4, 0.5) is 26.3 Å². The summed E-state index contributed by atoms with van der Waals surface area (Å²) in [6.07, 6.45) is -8.76. The van der Waals surface area contributed by atoms with Crippen LogP contribution in [0.25, 0.3) is 0 Å². The Balaban J connectivity index is 2.22. The average molecular weight is 435 g/mol. The molecular formula is C20H24F6Si2. The second kappa shape index (κ2) is 7.70. The van der Waals surface area contributed by atoms with Crippen molar-refractivity contribution in [3.05, 3.63) is 59.7 Å². The van der Waals surface area contributed by atoms with Gasteiger partial charge in [0.15, 0.2) is 0 Å². The Kier molecular flexibility index (Phi) is 6.26. The zero-order valence-corrected chi connectivity index (χ0v) is 18.3. The second-order valence-electron chi connectivity index (χ2n) is 8.42. The molecule has 28 heavy (non-hydrogen) atoms. The van der Waals surface area contributed by atoms with Gasteiger partial charge in [0, 0.05) is 0 Å². The first kappa shape index (κ1) is 22.7. The topological polar surface area (TPSA) is 0 Å². The van der Waals surface area contributed by atoms with Crippen LogP contribution in [0, 0.1) is 0 Å². The first-order valence-corrected chi connectivity index (χ1v) is 15.4. The van der Waals surface area contributed by atoms with E-state index < -0.39 is 39.6 Å². The molecule has 0 saturated heterocycles. The van der Waals surface area contributed by atoms with E-state index in [1.165, 1.54) is 24.3 Å². The van der Waals surface area contributed by atoms with Crippen molar-refractivity contribution in [3.8, 4) is 0 Å². The van der Waals surface area contributed by atoms with Crippen LogP contribution in [0.15, 0.2) is 48.5 Å². The zero-order valence-electron chi connectivity index (χ0n) is 16.3. The van der Waals surface area contributed by atoms with Crippen LogP contribution in [0.1, 0.15) is 11.1 Å². The lowest BCUT2D eigenvalue weighted by molar-refractivity contribution is -0.138. The van der Waals surface area contributed by atoms with Gasteiger partial charge in [-0.15, -0.1) is 0 Å². The molecule has 0 nitrogen and oxygen atoms in total. The van der Waals surface area contributed by atoms with E-state index in [2.05, 4.69) is 0 Å². The third kappa shape index (κ3) is 5.50. The summed E-state index contributed by atoms with van der Waals surface area (Å²) in [5.41, 5.74) is -1.31. The van der Waals surface area contributed by atoms with Crippen LogP contribution in [0.5, 0.6) is 0 Å². The Morgan fingerprint density at radius 2 is 0.929 bits per heavy atom. The van der Waals surface area contributed by atoms with E-state index in [4.69, 9.17) is 0 Å². The maximum Gasteiger partial charge on any atom is 0.416 e. The number of hydrogen-bond acceptors (Lipinski definition) is 0. The molecule has 0 aromatic heterocycles. The summed E-state index contributed by atoms with van der Waals surface area (Å²) in [6.45, 7) is 8.05. The molecule has 0 saturated carbocycles. The summed E-state index contributed by atoms with van der Waals surface area (Å²) in [5.74, 6) is 0. The maximum atomic E-state index is 13.0. The normalized spacial score (nSPS) is 13.6. The lowest BCUT2D eigenvalue weighted by Crippen LogP contribution is -2.47. The second-order valence-corrected chi connectivity index (χ2v) is 18.1. The molecule has 0 fully saturated rings. The molecule has 8 heteroatoms. The highest BCUT2D eigenvalue weighted by Gasteiger charge is 2.35. The van der Waals surface area contributed by atoms with Gasteiger partial charge in [-0.05, 0) is 0 Å². The molecule has 0 aliphatic rings. The van der Waals surface area contributed by atoms with E-state index in [9.17, 15) is 26.3 Å². The maximum absolute atomic E-state index is 13.0. The largest absolute Gasteiger partial charge is 0.416 e. The number of hydrogen-bond donors (Lipinski definition) is 0. The lowest BCUT2D eigenvalue weighted by Gasteiger charge is -2.30. The first-order valence-electron chi connectivity index (χ1n) is 8.98. The highest BCUT2D eigenvalue weighted by molar-refractivity contribution is 6.94. The number of alkyl halides is 6. The highest BCUT2D eigenvalue weighted by Crippen LogP contribution is 2.31. The number of rotatable bonds is 5. The molecule has 2 rings (SSSR count). The predicted octanol–water partition coefficient (Wildman–Crippen LogP) is 6.26. The minimum absolute atomic E-state index is 0.653. The molecule has 0 amide bonds. The molecule has 0 radical (unpaired) electrons. The van der Waals surface area contributed by atoms with Crippen LogP contribution in [-0.4, -0.2) is 16.1 Å². The van der Waals surface area contributed by atoms with Crippen LogP contribution in [-0.2, 0) is 12.4 Å². The quantitative estimate of drug-likeness (QED) is 0.385. The molecule has 0 aliphatic heterocycles. The third-order valence-corrected chi connectivity index (χ3v) is 12.6. The van der Waals surface area contributed by atoms with Crippen molar-refractivity contribution in [2.45, 2.75) is 50.6 Å². The standard InChI is InChI=1S/C20H24F6Si2/c1-27(2,17-9-5-7-15(13-17)19(21,22)23)11-12-28(3,4)18-10-6-8-16(14-18)20(24,25)26/h5-10,13-14H,11-12H2,1-4H3. The smallest absolute Gasteiger partial charge is 0.166 e. The molecule has 0 aliphatic carbocycles. The van der Waals surface area contributed by atoms with Gasteiger partial charge in [-0.25, -0.2) is 0 Å². The van der Waals surface area contributed by atoms with Crippen molar-refractivity contribution in [1.29, 1.82) is 0 Å². The molecule has 0 bridgehead atoms. The summed E-state index contributed by atoms with van der Waals surface area (Å²) < 4.78 is 78.1. The Morgan fingerprint density at radius 1 is 0.607 bits per heavy atom. The van der Waals surface area contributed by atoms with E-state index in [0.717, 1.165) is 34.6 Å². The van der Waals surface area contributed by atoms with Crippen molar-refractivity contribution in [3.63, 3.8) is 0 Å². The van der Waals surface area contributed by atoms with Crippen molar-refractivity contribution >= 4 is 26.5 Å². The van der Waals surface area contributed by atoms with E-state index in [1.807, 2.05) is 26.2 Å². The molecule has 0 atom stereocenters. The fraction of sp³-hybridized carbons (Fsp3) is 0.400. The molecule has 154 valence electrons. The lowest BCUT2D eigenvalue weighted by atomic mass is 10.2. The van der Waals surface area contributed by atoms with Gasteiger partial charge in [0.25, 0.3) is 0 Å². The molecule has 2 aromatic carbocycles. The summed E-state index contributed by atoms with van der Waals surface area (Å²) in [6, 6.07) is 12.4. The van der Waals surface area contributed by atoms with Gasteiger partial charge in [0.1, 0.15) is 0 Å². The monoisotopic (exact) mass is 434 g/mol. The highest BCUT2D eigenvalue weighted by atomic mass is 28.3. The van der Waals surface area contributed by atoms with Crippen molar-refractivity contribution in [1.82, 2.24) is 0 Å². The Morgan fingerprint density at radius 3 is 1.21 bits per heavy atom. The summed E-state index contributed by atoms with van der Waals surface area (Å²) in [7, 11) is -4.34. The van der Waals surface area contributed by atoms with E-state index in [1.54, 1.807) is 12.1 Å². The Labute approximate surface area is 163 Å². The molecular weight excluding hydrogens is 410 g/mol. The Bertz CT molecular complexity index is 752. The molecule has 0 N–H and O–H groups in total. The molecule has 2 aromatic rings. The van der Waals surface area contributed by atoms with Gasteiger partial charge in [-0.2, -0.15) is 26.3 Å². The van der Waals surface area contributed by atoms with Gasteiger partial charge in [-0.3, -0.25) is 0 Å². The van der Waals surface area contributed by atoms with Gasteiger partial charge in [-0.1, -0.05) is 97.2 Å². The molecule has 0 spiro atoms. The van der Waals surface area contributed by atoms with Crippen LogP contribution >= 0.6 is 0 Å². The van der Waals surface area contributed by atoms with Crippen LogP contribution in [0.3, 0.4) is 0 Å². The van der Waals surface area contributed by atoms with Crippen molar-refractivity contribution in [2.24, 2.45) is 0 Å². The van der Waals surface area contributed by atoms with E-state index >= 15 is 0 Å². The van der Waals surface area contributed by atoms with Crippen LogP contribution < -0.4 is 10.4 Å². The van der Waals surface area contributed by atoms with Gasteiger partial charge >= 0.3 is 12.4 Å². The predicted molar refractivity (Wildman–Crippen MR) is 107 cm³/mol.